The molecule has 0 saturated heterocycles. The van der Waals surface area contributed by atoms with Crippen molar-refractivity contribution in [2.75, 3.05) is 0 Å². The van der Waals surface area contributed by atoms with Gasteiger partial charge in [0, 0.05) is 23.5 Å². The number of pyridine rings is 1. The van der Waals surface area contributed by atoms with E-state index in [0.29, 0.717) is 17.5 Å². The zero-order chi connectivity index (χ0) is 13.9. The van der Waals surface area contributed by atoms with E-state index < -0.39 is 0 Å². The second-order valence-corrected chi connectivity index (χ2v) is 4.64. The molecule has 0 N–H and O–H groups in total. The van der Waals surface area contributed by atoms with Crippen molar-refractivity contribution >= 4 is 0 Å². The van der Waals surface area contributed by atoms with E-state index in [0.717, 1.165) is 11.1 Å². The van der Waals surface area contributed by atoms with E-state index in [2.05, 4.69) is 39.0 Å². The van der Waals surface area contributed by atoms with Gasteiger partial charge in [-0.1, -0.05) is 29.8 Å². The standard InChI is InChI=1S/C16H14N4/c1-11-5-7-13(8-6-11)15-18-12(2)19-16(20-15)14-4-3-9-17-10-14/h3-10H,1-2H3. The summed E-state index contributed by atoms with van der Waals surface area (Å²) in [7, 11) is 0. The van der Waals surface area contributed by atoms with Crippen LogP contribution in [0.5, 0.6) is 0 Å². The molecular formula is C16H14N4. The molecule has 0 aliphatic carbocycles. The van der Waals surface area contributed by atoms with Crippen molar-refractivity contribution in [3.63, 3.8) is 0 Å². The summed E-state index contributed by atoms with van der Waals surface area (Å²) >= 11 is 0. The maximum Gasteiger partial charge on any atom is 0.165 e. The van der Waals surface area contributed by atoms with E-state index in [1.165, 1.54) is 5.56 Å². The van der Waals surface area contributed by atoms with E-state index in [4.69, 9.17) is 0 Å². The zero-order valence-electron chi connectivity index (χ0n) is 11.4. The quantitative estimate of drug-likeness (QED) is 0.711. The molecule has 4 nitrogen and oxygen atoms in total. The highest BCUT2D eigenvalue weighted by molar-refractivity contribution is 5.60. The van der Waals surface area contributed by atoms with E-state index in [-0.39, 0.29) is 0 Å². The summed E-state index contributed by atoms with van der Waals surface area (Å²) in [4.78, 5) is 17.4. The van der Waals surface area contributed by atoms with E-state index in [9.17, 15) is 0 Å². The molecule has 0 aliphatic heterocycles. The fourth-order valence-corrected chi connectivity index (χ4v) is 1.94. The Kier molecular flexibility index (Phi) is 3.21. The van der Waals surface area contributed by atoms with Crippen molar-refractivity contribution in [2.45, 2.75) is 13.8 Å². The first-order chi connectivity index (χ1) is 9.72. The van der Waals surface area contributed by atoms with Gasteiger partial charge in [-0.3, -0.25) is 4.98 Å². The fourth-order valence-electron chi connectivity index (χ4n) is 1.94. The first-order valence-electron chi connectivity index (χ1n) is 6.42. The molecule has 3 aromatic rings. The van der Waals surface area contributed by atoms with Gasteiger partial charge in [0.05, 0.1) is 0 Å². The van der Waals surface area contributed by atoms with Crippen LogP contribution < -0.4 is 0 Å². The zero-order valence-corrected chi connectivity index (χ0v) is 11.4. The van der Waals surface area contributed by atoms with Crippen molar-refractivity contribution in [1.29, 1.82) is 0 Å². The molecule has 0 saturated carbocycles. The molecular weight excluding hydrogens is 248 g/mol. The summed E-state index contributed by atoms with van der Waals surface area (Å²) in [6.07, 6.45) is 3.49. The van der Waals surface area contributed by atoms with Crippen LogP contribution in [0.3, 0.4) is 0 Å². The molecule has 0 unspecified atom stereocenters. The molecule has 2 heterocycles. The van der Waals surface area contributed by atoms with Gasteiger partial charge in [-0.25, -0.2) is 15.0 Å². The van der Waals surface area contributed by atoms with Crippen LogP contribution in [0, 0.1) is 13.8 Å². The SMILES string of the molecule is Cc1ccc(-c2nc(C)nc(-c3cccnc3)n2)cc1. The van der Waals surface area contributed by atoms with Gasteiger partial charge in [-0.2, -0.15) is 0 Å². The van der Waals surface area contributed by atoms with Crippen LogP contribution in [0.2, 0.25) is 0 Å². The van der Waals surface area contributed by atoms with Gasteiger partial charge in [-0.05, 0) is 26.0 Å². The van der Waals surface area contributed by atoms with Crippen molar-refractivity contribution in [2.24, 2.45) is 0 Å². The van der Waals surface area contributed by atoms with Gasteiger partial charge in [0.25, 0.3) is 0 Å². The summed E-state index contributed by atoms with van der Waals surface area (Å²) in [5.74, 6) is 2.05. The maximum atomic E-state index is 4.54. The van der Waals surface area contributed by atoms with Crippen LogP contribution in [0.15, 0.2) is 48.8 Å². The molecule has 0 amide bonds. The molecule has 3 rings (SSSR count). The highest BCUT2D eigenvalue weighted by Crippen LogP contribution is 2.19. The summed E-state index contributed by atoms with van der Waals surface area (Å²) in [6, 6.07) is 12.0. The average Bonchev–Trinajstić information content (AvgIpc) is 2.48. The Morgan fingerprint density at radius 1 is 0.750 bits per heavy atom. The number of aryl methyl sites for hydroxylation is 2. The molecule has 0 spiro atoms. The van der Waals surface area contributed by atoms with Crippen LogP contribution in [-0.4, -0.2) is 19.9 Å². The van der Waals surface area contributed by atoms with Gasteiger partial charge < -0.3 is 0 Å². The molecule has 0 radical (unpaired) electrons. The van der Waals surface area contributed by atoms with Gasteiger partial charge in [0.1, 0.15) is 5.82 Å². The Bertz CT molecular complexity index is 721. The lowest BCUT2D eigenvalue weighted by Gasteiger charge is -2.05. The Morgan fingerprint density at radius 2 is 1.45 bits per heavy atom. The number of rotatable bonds is 2. The summed E-state index contributed by atoms with van der Waals surface area (Å²) in [5, 5.41) is 0. The van der Waals surface area contributed by atoms with E-state index >= 15 is 0 Å². The molecule has 0 aliphatic rings. The van der Waals surface area contributed by atoms with Crippen molar-refractivity contribution in [3.8, 4) is 22.8 Å². The number of hydrogen-bond donors (Lipinski definition) is 0. The minimum atomic E-state index is 0.654. The molecule has 20 heavy (non-hydrogen) atoms. The second kappa shape index (κ2) is 5.17. The van der Waals surface area contributed by atoms with Gasteiger partial charge in [-0.15, -0.1) is 0 Å². The largest absolute Gasteiger partial charge is 0.264 e. The average molecular weight is 262 g/mol. The lowest BCUT2D eigenvalue weighted by Crippen LogP contribution is -1.99. The highest BCUT2D eigenvalue weighted by Gasteiger charge is 2.08. The first kappa shape index (κ1) is 12.4. The normalized spacial score (nSPS) is 10.5. The molecule has 1 aromatic carbocycles. The number of nitrogens with zero attached hydrogens (tertiary/aromatic N) is 4. The number of hydrogen-bond acceptors (Lipinski definition) is 4. The lowest BCUT2D eigenvalue weighted by atomic mass is 10.1. The first-order valence-corrected chi connectivity index (χ1v) is 6.42. The Morgan fingerprint density at radius 3 is 2.10 bits per heavy atom. The molecule has 4 heteroatoms. The predicted molar refractivity (Wildman–Crippen MR) is 78.0 cm³/mol. The third-order valence-electron chi connectivity index (χ3n) is 2.98. The second-order valence-electron chi connectivity index (χ2n) is 4.64. The molecule has 0 atom stereocenters. The van der Waals surface area contributed by atoms with E-state index in [1.807, 2.05) is 31.2 Å². The van der Waals surface area contributed by atoms with E-state index in [1.54, 1.807) is 12.4 Å². The van der Waals surface area contributed by atoms with Crippen LogP contribution >= 0.6 is 0 Å². The molecule has 98 valence electrons. The van der Waals surface area contributed by atoms with Gasteiger partial charge >= 0.3 is 0 Å². The predicted octanol–water partition coefficient (Wildman–Crippen LogP) is 3.22. The third kappa shape index (κ3) is 2.54. The van der Waals surface area contributed by atoms with Crippen LogP contribution in [-0.2, 0) is 0 Å². The van der Waals surface area contributed by atoms with Crippen LogP contribution in [0.25, 0.3) is 22.8 Å². The smallest absolute Gasteiger partial charge is 0.165 e. The van der Waals surface area contributed by atoms with Crippen LogP contribution in [0.4, 0.5) is 0 Å². The minimum absolute atomic E-state index is 0.654. The topological polar surface area (TPSA) is 51.6 Å². The van der Waals surface area contributed by atoms with Crippen molar-refractivity contribution < 1.29 is 0 Å². The van der Waals surface area contributed by atoms with Crippen LogP contribution in [0.1, 0.15) is 11.4 Å². The molecule has 2 aromatic heterocycles. The fraction of sp³-hybridized carbons (Fsp3) is 0.125. The van der Waals surface area contributed by atoms with Crippen molar-refractivity contribution in [3.05, 3.63) is 60.2 Å². The number of benzene rings is 1. The third-order valence-corrected chi connectivity index (χ3v) is 2.98. The highest BCUT2D eigenvalue weighted by atomic mass is 15.0. The molecule has 0 fully saturated rings. The Balaban J connectivity index is 2.09. The van der Waals surface area contributed by atoms with Gasteiger partial charge in [0.15, 0.2) is 11.6 Å². The maximum absolute atomic E-state index is 4.54. The molecule has 0 bridgehead atoms. The van der Waals surface area contributed by atoms with Crippen molar-refractivity contribution in [1.82, 2.24) is 19.9 Å². The summed E-state index contributed by atoms with van der Waals surface area (Å²) in [6.45, 7) is 3.93. The number of aromatic nitrogens is 4. The monoisotopic (exact) mass is 262 g/mol. The lowest BCUT2D eigenvalue weighted by molar-refractivity contribution is 0.990. The Hall–Kier alpha value is -2.62. The Labute approximate surface area is 117 Å². The summed E-state index contributed by atoms with van der Waals surface area (Å²) < 4.78 is 0. The summed E-state index contributed by atoms with van der Waals surface area (Å²) in [5.41, 5.74) is 3.10. The minimum Gasteiger partial charge on any atom is -0.264 e. The van der Waals surface area contributed by atoms with Gasteiger partial charge in [0.2, 0.25) is 0 Å².